The van der Waals surface area contributed by atoms with Crippen LogP contribution in [0.1, 0.15) is 9.81 Å². The molecule has 0 unspecified atom stereocenters. The van der Waals surface area contributed by atoms with Crippen molar-refractivity contribution in [2.45, 2.75) is 6.85 Å². The van der Waals surface area contributed by atoms with Crippen molar-refractivity contribution in [3.05, 3.63) is 291 Å². The van der Waals surface area contributed by atoms with Gasteiger partial charge in [-0.15, -0.1) is 0 Å². The van der Waals surface area contributed by atoms with Gasteiger partial charge in [0.05, 0.1) is 17.1 Å². The average molecular weight is 1030 g/mol. The summed E-state index contributed by atoms with van der Waals surface area (Å²) in [6.07, 6.45) is 5.46. The molecule has 0 fully saturated rings. The first kappa shape index (κ1) is 44.5. The minimum absolute atomic E-state index is 0.0140. The Morgan fingerprint density at radius 1 is 0.287 bits per heavy atom. The standard InChI is InChI=1S/C75H50N4O/c1-49-25-39-68-70-48-78-73(47-74(70)80-75(68)79-49)57-38-40-67(69(46-57)54-28-26-51(27-29-54)50-15-3-2-4-16-50)66-22-10-9-21-65(66)60-44-58(63-19-7-5-17-61(63)52-30-34-55(35-31-52)71-23-11-13-41-76-71)43-59(45-60)64-20-8-6-18-62(64)53-32-36-56(37-33-53)72-24-12-14-42-77-72/h2-48H,1H3/i1D3. The van der Waals surface area contributed by atoms with Crippen LogP contribution in [0.2, 0.25) is 0 Å². The van der Waals surface area contributed by atoms with Gasteiger partial charge in [-0.05, 0) is 157 Å². The summed E-state index contributed by atoms with van der Waals surface area (Å²) in [4.78, 5) is 18.6. The Morgan fingerprint density at radius 3 is 1.26 bits per heavy atom. The number of fused-ring (bicyclic) bond motifs is 3. The zero-order chi connectivity index (χ0) is 55.9. The minimum Gasteiger partial charge on any atom is -0.438 e. The maximum absolute atomic E-state index is 7.95. The van der Waals surface area contributed by atoms with Gasteiger partial charge >= 0.3 is 0 Å². The summed E-state index contributed by atoms with van der Waals surface area (Å²) >= 11 is 0. The van der Waals surface area contributed by atoms with Gasteiger partial charge in [0.25, 0.3) is 0 Å². The van der Waals surface area contributed by atoms with Gasteiger partial charge in [0.2, 0.25) is 5.71 Å². The zero-order valence-corrected chi connectivity index (χ0v) is 43.3. The van der Waals surface area contributed by atoms with E-state index < -0.39 is 6.85 Å². The first-order valence-electron chi connectivity index (χ1n) is 28.2. The number of benzene rings is 9. The third-order valence-electron chi connectivity index (χ3n) is 15.1. The van der Waals surface area contributed by atoms with Gasteiger partial charge in [0, 0.05) is 61.9 Å². The molecule has 5 heteroatoms. The van der Waals surface area contributed by atoms with Crippen LogP contribution in [0.4, 0.5) is 0 Å². The second-order valence-electron chi connectivity index (χ2n) is 19.9. The summed E-state index contributed by atoms with van der Waals surface area (Å²) in [5, 5.41) is 1.47. The van der Waals surface area contributed by atoms with Crippen molar-refractivity contribution in [2.24, 2.45) is 0 Å². The number of nitrogens with zero attached hydrogens (tertiary/aromatic N) is 4. The van der Waals surface area contributed by atoms with Crippen LogP contribution in [0.3, 0.4) is 0 Å². The molecule has 14 rings (SSSR count). The molecule has 5 aromatic heterocycles. The molecule has 0 saturated heterocycles. The molecule has 0 bridgehead atoms. The Balaban J connectivity index is 0.935. The van der Waals surface area contributed by atoms with E-state index in [2.05, 4.69) is 221 Å². The average Bonchev–Trinajstić information content (AvgIpc) is 4.20. The molecule has 0 saturated carbocycles. The molecule has 9 aromatic carbocycles. The molecule has 0 N–H and O–H groups in total. The summed E-state index contributed by atoms with van der Waals surface area (Å²) in [6, 6.07) is 93.6. The van der Waals surface area contributed by atoms with E-state index >= 15 is 0 Å². The number of hydrogen-bond acceptors (Lipinski definition) is 5. The normalized spacial score (nSPS) is 12.0. The predicted octanol–water partition coefficient (Wildman–Crippen LogP) is 19.8. The van der Waals surface area contributed by atoms with E-state index in [0.717, 1.165) is 122 Å². The highest BCUT2D eigenvalue weighted by atomic mass is 16.3. The fourth-order valence-electron chi connectivity index (χ4n) is 11.1. The smallest absolute Gasteiger partial charge is 0.227 e. The lowest BCUT2D eigenvalue weighted by atomic mass is 9.84. The summed E-state index contributed by atoms with van der Waals surface area (Å²) in [6.45, 7) is -2.36. The molecule has 0 radical (unpaired) electrons. The molecule has 5 heterocycles. The Kier molecular flexibility index (Phi) is 11.5. The first-order chi connectivity index (χ1) is 40.8. The van der Waals surface area contributed by atoms with Crippen LogP contribution in [0, 0.1) is 6.85 Å². The number of aromatic nitrogens is 4. The highest BCUT2D eigenvalue weighted by molar-refractivity contribution is 6.04. The Labute approximate surface area is 469 Å². The number of rotatable bonds is 11. The molecule has 14 aromatic rings. The van der Waals surface area contributed by atoms with Gasteiger partial charge in [0.1, 0.15) is 5.58 Å². The Hall–Kier alpha value is -10.6. The maximum Gasteiger partial charge on any atom is 0.227 e. The summed E-state index contributed by atoms with van der Waals surface area (Å²) in [5.74, 6) is 0. The van der Waals surface area contributed by atoms with Crippen LogP contribution in [-0.4, -0.2) is 19.9 Å². The van der Waals surface area contributed by atoms with Gasteiger partial charge in [-0.3, -0.25) is 15.0 Å². The van der Waals surface area contributed by atoms with E-state index in [1.165, 1.54) is 6.07 Å². The molecule has 0 aliphatic carbocycles. The van der Waals surface area contributed by atoms with Gasteiger partial charge in [0.15, 0.2) is 0 Å². The van der Waals surface area contributed by atoms with Crippen molar-refractivity contribution >= 4 is 22.1 Å². The van der Waals surface area contributed by atoms with E-state index in [9.17, 15) is 0 Å². The number of pyridine rings is 4. The maximum atomic E-state index is 7.95. The zero-order valence-electron chi connectivity index (χ0n) is 46.3. The van der Waals surface area contributed by atoms with Crippen molar-refractivity contribution in [3.8, 4) is 123 Å². The predicted molar refractivity (Wildman–Crippen MR) is 329 cm³/mol. The monoisotopic (exact) mass is 1030 g/mol. The van der Waals surface area contributed by atoms with Crippen LogP contribution in [-0.2, 0) is 0 Å². The van der Waals surface area contributed by atoms with Crippen molar-refractivity contribution in [1.82, 2.24) is 19.9 Å². The van der Waals surface area contributed by atoms with Crippen LogP contribution < -0.4 is 0 Å². The SMILES string of the molecule is [2H]C([2H])([2H])c1ccc2c(n1)oc1cc(-c3ccc(-c4ccccc4-c4cc(-c5ccccc5-c5ccc(-c6ccccn6)cc5)cc(-c5ccccc5-c5ccc(-c6ccccn6)cc5)c4)c(-c4ccc(-c5ccccc5)cc4)c3)ncc12. The number of furan rings is 1. The quantitative estimate of drug-likeness (QED) is 0.129. The molecular formula is C75H50N4O. The molecule has 0 aliphatic rings. The first-order valence-corrected chi connectivity index (χ1v) is 26.7. The van der Waals surface area contributed by atoms with Gasteiger partial charge in [-0.25, -0.2) is 4.98 Å². The molecule has 0 aliphatic heterocycles. The topological polar surface area (TPSA) is 64.7 Å². The molecule has 0 atom stereocenters. The summed E-state index contributed by atoms with van der Waals surface area (Å²) in [5.41, 5.74) is 23.9. The third kappa shape index (κ3) is 9.23. The van der Waals surface area contributed by atoms with E-state index in [4.69, 9.17) is 13.5 Å². The second kappa shape index (κ2) is 20.7. The Bertz CT molecular complexity index is 4530. The lowest BCUT2D eigenvalue weighted by Crippen LogP contribution is -1.94. The van der Waals surface area contributed by atoms with Crippen molar-refractivity contribution < 1.29 is 8.53 Å². The lowest BCUT2D eigenvalue weighted by Gasteiger charge is -2.19. The highest BCUT2D eigenvalue weighted by Crippen LogP contribution is 2.45. The third-order valence-corrected chi connectivity index (χ3v) is 15.1. The summed E-state index contributed by atoms with van der Waals surface area (Å²) in [7, 11) is 0. The fourth-order valence-corrected chi connectivity index (χ4v) is 11.1. The van der Waals surface area contributed by atoms with Crippen LogP contribution >= 0.6 is 0 Å². The van der Waals surface area contributed by atoms with Crippen LogP contribution in [0.25, 0.3) is 145 Å². The highest BCUT2D eigenvalue weighted by Gasteiger charge is 2.20. The van der Waals surface area contributed by atoms with E-state index in [1.54, 1.807) is 12.3 Å². The Morgan fingerprint density at radius 2 is 0.725 bits per heavy atom. The second-order valence-corrected chi connectivity index (χ2v) is 19.9. The lowest BCUT2D eigenvalue weighted by molar-refractivity contribution is 0.652. The number of aryl methyl sites for hydroxylation is 1. The van der Waals surface area contributed by atoms with Crippen molar-refractivity contribution in [3.63, 3.8) is 0 Å². The van der Waals surface area contributed by atoms with E-state index in [1.807, 2.05) is 60.9 Å². The van der Waals surface area contributed by atoms with Crippen LogP contribution in [0.5, 0.6) is 0 Å². The summed E-state index contributed by atoms with van der Waals surface area (Å²) < 4.78 is 30.1. The molecular weight excluding hydrogens is 973 g/mol. The number of hydrogen-bond donors (Lipinski definition) is 0. The molecule has 0 amide bonds. The molecule has 0 spiro atoms. The van der Waals surface area contributed by atoms with Crippen LogP contribution in [0.15, 0.2) is 290 Å². The van der Waals surface area contributed by atoms with Crippen molar-refractivity contribution in [2.75, 3.05) is 0 Å². The minimum atomic E-state index is -2.36. The van der Waals surface area contributed by atoms with E-state index in [0.29, 0.717) is 16.7 Å². The fraction of sp³-hybridized carbons (Fsp3) is 0.0133. The van der Waals surface area contributed by atoms with Crippen molar-refractivity contribution in [1.29, 1.82) is 0 Å². The van der Waals surface area contributed by atoms with Gasteiger partial charge in [-0.1, -0.05) is 200 Å². The molecule has 80 heavy (non-hydrogen) atoms. The van der Waals surface area contributed by atoms with Gasteiger partial charge in [-0.2, -0.15) is 0 Å². The molecule has 376 valence electrons. The molecule has 5 nitrogen and oxygen atoms in total. The van der Waals surface area contributed by atoms with Gasteiger partial charge < -0.3 is 4.42 Å². The largest absolute Gasteiger partial charge is 0.438 e. The van der Waals surface area contributed by atoms with E-state index in [-0.39, 0.29) is 11.4 Å².